The number of fused-ring (bicyclic) bond motifs is 4. The molecule has 1 spiro atoms. The summed E-state index contributed by atoms with van der Waals surface area (Å²) in [5, 5.41) is 10.9. The Hall–Kier alpha value is -1.62. The fraction of sp³-hybridized carbons (Fsp3) is 0.812. The van der Waals surface area contributed by atoms with Crippen LogP contribution in [0.25, 0.3) is 0 Å². The van der Waals surface area contributed by atoms with E-state index < -0.39 is 11.0 Å². The van der Waals surface area contributed by atoms with Crippen LogP contribution in [0.15, 0.2) is 23.8 Å². The number of cyclic esters (lactones) is 1. The number of ether oxygens (including phenoxy) is 2. The lowest BCUT2D eigenvalue weighted by Crippen LogP contribution is -2.58. The standard InChI is InChI=1S/C32H48O5/c1-19(2)17-21(36-20(3)33)18-31(8)25-12-15-30(7)23-9-10-24-28(4,5)26(34)13-14-29(24,6)22(23)11-16-32(25,30)27(35)37-31/h11,21,23-26,34H,1,9-10,12-18H2,2-8H3/t21?,23-,24+,25-,26+,29-,30+,31+,32-/m1/s1. The molecule has 1 N–H and O–H groups in total. The van der Waals surface area contributed by atoms with Crippen LogP contribution in [0.5, 0.6) is 0 Å². The molecule has 4 aliphatic carbocycles. The quantitative estimate of drug-likeness (QED) is 0.335. The average molecular weight is 513 g/mol. The summed E-state index contributed by atoms with van der Waals surface area (Å²) in [6.45, 7) is 18.8. The molecule has 0 aromatic heterocycles. The molecule has 206 valence electrons. The molecule has 0 aromatic carbocycles. The van der Waals surface area contributed by atoms with Crippen LogP contribution < -0.4 is 0 Å². The largest absolute Gasteiger partial charge is 0.462 e. The maximum absolute atomic E-state index is 14.0. The van der Waals surface area contributed by atoms with Gasteiger partial charge in [-0.05, 0) is 86.9 Å². The van der Waals surface area contributed by atoms with Gasteiger partial charge in [-0.3, -0.25) is 9.59 Å². The fourth-order valence-electron chi connectivity index (χ4n) is 10.5. The topological polar surface area (TPSA) is 72.8 Å². The van der Waals surface area contributed by atoms with E-state index in [9.17, 15) is 14.7 Å². The Morgan fingerprint density at radius 1 is 1.11 bits per heavy atom. The van der Waals surface area contributed by atoms with E-state index in [2.05, 4.69) is 47.3 Å². The molecule has 1 saturated heterocycles. The van der Waals surface area contributed by atoms with Crippen LogP contribution in [0.4, 0.5) is 0 Å². The summed E-state index contributed by atoms with van der Waals surface area (Å²) in [6, 6.07) is 0. The minimum absolute atomic E-state index is 0.0427. The zero-order valence-corrected chi connectivity index (χ0v) is 24.1. The van der Waals surface area contributed by atoms with Gasteiger partial charge in [-0.15, -0.1) is 6.58 Å². The number of aliphatic hydroxyl groups excluding tert-OH is 1. The molecule has 3 saturated carbocycles. The van der Waals surface area contributed by atoms with Crippen molar-refractivity contribution in [1.29, 1.82) is 0 Å². The summed E-state index contributed by atoms with van der Waals surface area (Å²) >= 11 is 0. The number of carbonyl (C=O) groups is 2. The molecule has 4 fully saturated rings. The molecule has 0 amide bonds. The van der Waals surface area contributed by atoms with Crippen molar-refractivity contribution >= 4 is 11.9 Å². The zero-order chi connectivity index (χ0) is 27.2. The Morgan fingerprint density at radius 3 is 2.46 bits per heavy atom. The molecule has 37 heavy (non-hydrogen) atoms. The highest BCUT2D eigenvalue weighted by molar-refractivity contribution is 5.83. The number of hydrogen-bond acceptors (Lipinski definition) is 5. The van der Waals surface area contributed by atoms with Crippen molar-refractivity contribution in [2.24, 2.45) is 39.4 Å². The minimum Gasteiger partial charge on any atom is -0.462 e. The first-order valence-electron chi connectivity index (χ1n) is 14.6. The Labute approximate surface area is 223 Å². The van der Waals surface area contributed by atoms with E-state index in [0.717, 1.165) is 50.5 Å². The van der Waals surface area contributed by atoms with Crippen LogP contribution >= 0.6 is 0 Å². The molecular formula is C32H48O5. The molecule has 5 aliphatic rings. The Bertz CT molecular complexity index is 1030. The lowest BCUT2D eigenvalue weighted by molar-refractivity contribution is -0.165. The molecule has 1 heterocycles. The van der Waals surface area contributed by atoms with Gasteiger partial charge in [0.05, 0.1) is 11.5 Å². The monoisotopic (exact) mass is 512 g/mol. The third-order valence-corrected chi connectivity index (χ3v) is 12.2. The second-order valence-electron chi connectivity index (χ2n) is 14.6. The Kier molecular flexibility index (Phi) is 6.15. The van der Waals surface area contributed by atoms with Crippen molar-refractivity contribution in [2.75, 3.05) is 0 Å². The lowest BCUT2D eigenvalue weighted by atomic mass is 9.41. The smallest absolute Gasteiger partial charge is 0.313 e. The second kappa shape index (κ2) is 8.44. The predicted octanol–water partition coefficient (Wildman–Crippen LogP) is 6.54. The maximum Gasteiger partial charge on any atom is 0.313 e. The van der Waals surface area contributed by atoms with Gasteiger partial charge in [-0.1, -0.05) is 44.9 Å². The second-order valence-corrected chi connectivity index (χ2v) is 14.6. The summed E-state index contributed by atoms with van der Waals surface area (Å²) in [4.78, 5) is 25.9. The van der Waals surface area contributed by atoms with Crippen LogP contribution in [0.3, 0.4) is 0 Å². The normalized spacial score (nSPS) is 46.5. The van der Waals surface area contributed by atoms with E-state index >= 15 is 0 Å². The number of carbonyl (C=O) groups excluding carboxylic acids is 2. The van der Waals surface area contributed by atoms with E-state index in [1.54, 1.807) is 5.57 Å². The van der Waals surface area contributed by atoms with Gasteiger partial charge < -0.3 is 14.6 Å². The summed E-state index contributed by atoms with van der Waals surface area (Å²) in [6.07, 6.45) is 9.69. The number of hydrogen-bond donors (Lipinski definition) is 1. The van der Waals surface area contributed by atoms with Gasteiger partial charge >= 0.3 is 11.9 Å². The predicted molar refractivity (Wildman–Crippen MR) is 143 cm³/mol. The van der Waals surface area contributed by atoms with Crippen molar-refractivity contribution < 1.29 is 24.2 Å². The number of esters is 2. The molecule has 9 atom stereocenters. The highest BCUT2D eigenvalue weighted by Gasteiger charge is 2.76. The van der Waals surface area contributed by atoms with Crippen LogP contribution in [0.2, 0.25) is 0 Å². The Balaban J connectivity index is 1.50. The average Bonchev–Trinajstić information content (AvgIpc) is 3.20. The zero-order valence-electron chi connectivity index (χ0n) is 24.1. The third kappa shape index (κ3) is 3.58. The SMILES string of the molecule is C=C(C)CC(C[C@]1(C)OC(=O)[C@]23CC=C4[C@@H](CC[C@H]5C(C)(C)[C@@H](O)CC[C@]45C)[C@]2(C)CC[C@@H]31)OC(C)=O. The van der Waals surface area contributed by atoms with Crippen molar-refractivity contribution in [2.45, 2.75) is 124 Å². The number of aliphatic hydroxyl groups is 1. The lowest BCUT2D eigenvalue weighted by Gasteiger charge is -2.63. The third-order valence-electron chi connectivity index (χ3n) is 12.2. The first-order chi connectivity index (χ1) is 17.1. The van der Waals surface area contributed by atoms with Gasteiger partial charge in [0.1, 0.15) is 11.7 Å². The highest BCUT2D eigenvalue weighted by Crippen LogP contribution is 2.76. The van der Waals surface area contributed by atoms with Crippen LogP contribution in [0.1, 0.15) is 106 Å². The minimum atomic E-state index is -0.659. The molecule has 0 aromatic rings. The van der Waals surface area contributed by atoms with E-state index in [1.807, 2.05) is 6.92 Å². The summed E-state index contributed by atoms with van der Waals surface area (Å²) < 4.78 is 12.1. The molecule has 5 heteroatoms. The van der Waals surface area contributed by atoms with Crippen molar-refractivity contribution in [1.82, 2.24) is 0 Å². The molecule has 1 unspecified atom stereocenters. The van der Waals surface area contributed by atoms with Gasteiger partial charge in [-0.2, -0.15) is 0 Å². The Morgan fingerprint density at radius 2 is 1.81 bits per heavy atom. The summed E-state index contributed by atoms with van der Waals surface area (Å²) in [5.41, 5.74) is 1.16. The molecule has 5 nitrogen and oxygen atoms in total. The van der Waals surface area contributed by atoms with Crippen LogP contribution in [0, 0.1) is 39.4 Å². The van der Waals surface area contributed by atoms with Gasteiger partial charge in [0.25, 0.3) is 0 Å². The van der Waals surface area contributed by atoms with E-state index in [4.69, 9.17) is 9.47 Å². The summed E-state index contributed by atoms with van der Waals surface area (Å²) in [5.74, 6) is 0.579. The number of allylic oxidation sites excluding steroid dienone is 2. The van der Waals surface area contributed by atoms with Crippen molar-refractivity contribution in [3.8, 4) is 0 Å². The van der Waals surface area contributed by atoms with E-state index in [1.165, 1.54) is 6.92 Å². The van der Waals surface area contributed by atoms with Gasteiger partial charge in [0.15, 0.2) is 0 Å². The molecular weight excluding hydrogens is 464 g/mol. The van der Waals surface area contributed by atoms with E-state index in [0.29, 0.717) is 24.7 Å². The van der Waals surface area contributed by atoms with Gasteiger partial charge in [-0.25, -0.2) is 0 Å². The summed E-state index contributed by atoms with van der Waals surface area (Å²) in [7, 11) is 0. The fourth-order valence-corrected chi connectivity index (χ4v) is 10.5. The molecule has 5 rings (SSSR count). The van der Waals surface area contributed by atoms with Crippen LogP contribution in [-0.2, 0) is 19.1 Å². The van der Waals surface area contributed by atoms with E-state index in [-0.39, 0.29) is 46.3 Å². The first-order valence-corrected chi connectivity index (χ1v) is 14.6. The molecule has 0 radical (unpaired) electrons. The van der Waals surface area contributed by atoms with Crippen molar-refractivity contribution in [3.63, 3.8) is 0 Å². The number of rotatable bonds is 5. The maximum atomic E-state index is 14.0. The highest BCUT2D eigenvalue weighted by atomic mass is 16.6. The first kappa shape index (κ1) is 27.0. The van der Waals surface area contributed by atoms with Gasteiger partial charge in [0, 0.05) is 25.7 Å². The van der Waals surface area contributed by atoms with Gasteiger partial charge in [0.2, 0.25) is 0 Å². The van der Waals surface area contributed by atoms with Crippen molar-refractivity contribution in [3.05, 3.63) is 23.8 Å². The molecule has 0 bridgehead atoms. The molecule has 1 aliphatic heterocycles. The van der Waals surface area contributed by atoms with Crippen LogP contribution in [-0.4, -0.2) is 34.9 Å².